The normalized spacial score (nSPS) is 20.9. The number of urea groups is 1. The largest absolute Gasteiger partial charge is 0.474 e. The van der Waals surface area contributed by atoms with Crippen LogP contribution in [0.25, 0.3) is 10.9 Å². The molecule has 2 aliphatic rings. The van der Waals surface area contributed by atoms with E-state index in [1.807, 2.05) is 48.5 Å². The van der Waals surface area contributed by atoms with Crippen molar-refractivity contribution >= 4 is 28.4 Å². The average Bonchev–Trinajstić information content (AvgIpc) is 2.86. The molecule has 1 saturated carbocycles. The van der Waals surface area contributed by atoms with Crippen LogP contribution in [0.3, 0.4) is 0 Å². The van der Waals surface area contributed by atoms with Crippen molar-refractivity contribution in [1.29, 1.82) is 0 Å². The van der Waals surface area contributed by atoms with E-state index >= 15 is 0 Å². The number of fused-ring (bicyclic) bond motifs is 1. The van der Waals surface area contributed by atoms with Gasteiger partial charge < -0.3 is 25.0 Å². The SMILES string of the molecule is O=C(Nc1ccccc1)N[C@H]1CC[C@@H](Oc2nc(N3CCOCC3)cc3ncccc23)CC1. The van der Waals surface area contributed by atoms with Gasteiger partial charge in [0.25, 0.3) is 0 Å². The molecule has 2 amide bonds. The number of nitrogens with zero attached hydrogens (tertiary/aromatic N) is 3. The predicted molar refractivity (Wildman–Crippen MR) is 128 cm³/mol. The highest BCUT2D eigenvalue weighted by atomic mass is 16.5. The molecule has 0 atom stereocenters. The zero-order valence-electron chi connectivity index (χ0n) is 18.6. The molecule has 8 heteroatoms. The molecule has 8 nitrogen and oxygen atoms in total. The van der Waals surface area contributed by atoms with Gasteiger partial charge in [-0.3, -0.25) is 4.98 Å². The number of para-hydroxylation sites is 1. The summed E-state index contributed by atoms with van der Waals surface area (Å²) in [5.41, 5.74) is 1.68. The second-order valence-corrected chi connectivity index (χ2v) is 8.51. The maximum atomic E-state index is 12.3. The van der Waals surface area contributed by atoms with Crippen molar-refractivity contribution in [3.63, 3.8) is 0 Å². The summed E-state index contributed by atoms with van der Waals surface area (Å²) < 4.78 is 11.9. The Balaban J connectivity index is 1.21. The maximum Gasteiger partial charge on any atom is 0.319 e. The molecule has 0 unspecified atom stereocenters. The van der Waals surface area contributed by atoms with Crippen molar-refractivity contribution in [2.24, 2.45) is 0 Å². The molecular weight excluding hydrogens is 418 g/mol. The van der Waals surface area contributed by atoms with Crippen LogP contribution >= 0.6 is 0 Å². The van der Waals surface area contributed by atoms with Crippen LogP contribution in [0.2, 0.25) is 0 Å². The lowest BCUT2D eigenvalue weighted by atomic mass is 9.93. The number of hydrogen-bond donors (Lipinski definition) is 2. The van der Waals surface area contributed by atoms with E-state index in [0.717, 1.165) is 61.2 Å². The highest BCUT2D eigenvalue weighted by molar-refractivity contribution is 5.89. The minimum Gasteiger partial charge on any atom is -0.474 e. The van der Waals surface area contributed by atoms with Gasteiger partial charge in [-0.2, -0.15) is 4.98 Å². The summed E-state index contributed by atoms with van der Waals surface area (Å²) in [6, 6.07) is 15.4. The molecule has 0 spiro atoms. The van der Waals surface area contributed by atoms with Crippen molar-refractivity contribution in [1.82, 2.24) is 15.3 Å². The number of nitrogens with one attached hydrogen (secondary N) is 2. The van der Waals surface area contributed by atoms with E-state index in [2.05, 4.69) is 20.5 Å². The number of rotatable bonds is 5. The number of pyridine rings is 2. The van der Waals surface area contributed by atoms with Crippen LogP contribution in [0.1, 0.15) is 25.7 Å². The van der Waals surface area contributed by atoms with Gasteiger partial charge in [0.1, 0.15) is 11.9 Å². The molecule has 1 aromatic carbocycles. The van der Waals surface area contributed by atoms with Crippen molar-refractivity contribution in [2.75, 3.05) is 36.5 Å². The third kappa shape index (κ3) is 5.34. The van der Waals surface area contributed by atoms with Crippen LogP contribution in [0, 0.1) is 0 Å². The average molecular weight is 448 g/mol. The van der Waals surface area contributed by atoms with Gasteiger partial charge in [0.15, 0.2) is 0 Å². The number of aromatic nitrogens is 2. The summed E-state index contributed by atoms with van der Waals surface area (Å²) in [5, 5.41) is 6.90. The fraction of sp³-hybridized carbons (Fsp3) is 0.400. The highest BCUT2D eigenvalue weighted by Gasteiger charge is 2.25. The maximum absolute atomic E-state index is 12.3. The molecular formula is C25H29N5O3. The van der Waals surface area contributed by atoms with Crippen LogP contribution < -0.4 is 20.3 Å². The summed E-state index contributed by atoms with van der Waals surface area (Å²) in [5.74, 6) is 1.52. The lowest BCUT2D eigenvalue weighted by molar-refractivity contribution is 0.121. The zero-order valence-corrected chi connectivity index (χ0v) is 18.6. The fourth-order valence-electron chi connectivity index (χ4n) is 4.43. The fourth-order valence-corrected chi connectivity index (χ4v) is 4.43. The Morgan fingerprint density at radius 2 is 1.82 bits per heavy atom. The summed E-state index contributed by atoms with van der Waals surface area (Å²) in [6.07, 6.45) is 5.32. The first kappa shape index (κ1) is 21.5. The van der Waals surface area contributed by atoms with E-state index in [1.54, 1.807) is 6.20 Å². The molecule has 5 rings (SSSR count). The van der Waals surface area contributed by atoms with Crippen molar-refractivity contribution in [3.05, 3.63) is 54.7 Å². The van der Waals surface area contributed by atoms with Crippen LogP contribution in [0.15, 0.2) is 54.7 Å². The van der Waals surface area contributed by atoms with Crippen molar-refractivity contribution in [3.8, 4) is 5.88 Å². The number of benzene rings is 1. The molecule has 3 heterocycles. The van der Waals surface area contributed by atoms with Crippen molar-refractivity contribution < 1.29 is 14.3 Å². The van der Waals surface area contributed by atoms with Gasteiger partial charge in [-0.05, 0) is 49.9 Å². The Morgan fingerprint density at radius 1 is 1.03 bits per heavy atom. The standard InChI is InChI=1S/C25H29N5O3/c31-25(27-18-5-2-1-3-6-18)28-19-8-10-20(11-9-19)33-24-21-7-4-12-26-22(21)17-23(29-24)30-13-15-32-16-14-30/h1-7,12,17,19-20H,8-11,13-16H2,(H2,27,28,31)/t19-,20+. The van der Waals surface area contributed by atoms with Crippen LogP contribution in [-0.4, -0.2) is 54.4 Å². The van der Waals surface area contributed by atoms with E-state index in [1.165, 1.54) is 0 Å². The Morgan fingerprint density at radius 3 is 2.61 bits per heavy atom. The van der Waals surface area contributed by atoms with Crippen LogP contribution in [-0.2, 0) is 4.74 Å². The minimum absolute atomic E-state index is 0.0658. The number of morpholine rings is 1. The molecule has 1 aliphatic carbocycles. The van der Waals surface area contributed by atoms with Gasteiger partial charge in [-0.25, -0.2) is 4.79 Å². The first-order valence-electron chi connectivity index (χ1n) is 11.6. The van der Waals surface area contributed by atoms with E-state index in [-0.39, 0.29) is 18.2 Å². The number of carbonyl (C=O) groups excluding carboxylic acids is 1. The van der Waals surface area contributed by atoms with Gasteiger partial charge in [0, 0.05) is 37.1 Å². The first-order valence-corrected chi connectivity index (χ1v) is 11.6. The Kier molecular flexibility index (Phi) is 6.53. The molecule has 2 aromatic heterocycles. The Hall–Kier alpha value is -3.39. The predicted octanol–water partition coefficient (Wildman–Crippen LogP) is 3.98. The summed E-state index contributed by atoms with van der Waals surface area (Å²) >= 11 is 0. The number of ether oxygens (including phenoxy) is 2. The van der Waals surface area contributed by atoms with Gasteiger partial charge in [0.2, 0.25) is 5.88 Å². The molecule has 0 radical (unpaired) electrons. The second kappa shape index (κ2) is 10.0. The molecule has 0 bridgehead atoms. The number of carbonyl (C=O) groups is 1. The Labute approximate surface area is 193 Å². The topological polar surface area (TPSA) is 88.6 Å². The highest BCUT2D eigenvalue weighted by Crippen LogP contribution is 2.31. The molecule has 3 aromatic rings. The second-order valence-electron chi connectivity index (χ2n) is 8.51. The lowest BCUT2D eigenvalue weighted by Gasteiger charge is -2.31. The van der Waals surface area contributed by atoms with Gasteiger partial charge >= 0.3 is 6.03 Å². The summed E-state index contributed by atoms with van der Waals surface area (Å²) in [6.45, 7) is 3.03. The zero-order chi connectivity index (χ0) is 22.5. The molecule has 1 saturated heterocycles. The van der Waals surface area contributed by atoms with Crippen LogP contribution in [0.5, 0.6) is 5.88 Å². The molecule has 2 N–H and O–H groups in total. The van der Waals surface area contributed by atoms with Crippen LogP contribution in [0.4, 0.5) is 16.3 Å². The third-order valence-corrected chi connectivity index (χ3v) is 6.21. The molecule has 1 aliphatic heterocycles. The lowest BCUT2D eigenvalue weighted by Crippen LogP contribution is -2.41. The smallest absolute Gasteiger partial charge is 0.319 e. The van der Waals surface area contributed by atoms with Gasteiger partial charge in [-0.1, -0.05) is 18.2 Å². The number of amides is 2. The molecule has 172 valence electrons. The monoisotopic (exact) mass is 447 g/mol. The van der Waals surface area contributed by atoms with E-state index in [9.17, 15) is 4.79 Å². The molecule has 2 fully saturated rings. The minimum atomic E-state index is -0.164. The summed E-state index contributed by atoms with van der Waals surface area (Å²) in [7, 11) is 0. The summed E-state index contributed by atoms with van der Waals surface area (Å²) in [4.78, 5) is 23.9. The Bertz CT molecular complexity index is 1080. The third-order valence-electron chi connectivity index (χ3n) is 6.21. The van der Waals surface area contributed by atoms with E-state index < -0.39 is 0 Å². The number of hydrogen-bond acceptors (Lipinski definition) is 6. The first-order chi connectivity index (χ1) is 16.2. The molecule has 33 heavy (non-hydrogen) atoms. The quantitative estimate of drug-likeness (QED) is 0.615. The van der Waals surface area contributed by atoms with Crippen molar-refractivity contribution in [2.45, 2.75) is 37.8 Å². The van der Waals surface area contributed by atoms with Gasteiger partial charge in [0.05, 0.1) is 24.1 Å². The van der Waals surface area contributed by atoms with Gasteiger partial charge in [-0.15, -0.1) is 0 Å². The van der Waals surface area contributed by atoms with E-state index in [0.29, 0.717) is 19.1 Å². The number of anilines is 2. The van der Waals surface area contributed by atoms with E-state index in [4.69, 9.17) is 14.5 Å².